The number of nitrogens with zero attached hydrogens (tertiary/aromatic N) is 2. The lowest BCUT2D eigenvalue weighted by Gasteiger charge is -2.17. The summed E-state index contributed by atoms with van der Waals surface area (Å²) in [5.41, 5.74) is 2.20. The highest BCUT2D eigenvalue weighted by atomic mass is 28.3. The average Bonchev–Trinajstić information content (AvgIpc) is 3.06. The molecule has 0 unspecified atom stereocenters. The molecule has 0 aliphatic carbocycles. The Hall–Kier alpha value is -2.47. The third-order valence-corrected chi connectivity index (χ3v) is 7.24. The van der Waals surface area contributed by atoms with Crippen molar-refractivity contribution in [3.63, 3.8) is 0 Å². The molecule has 0 spiro atoms. The van der Waals surface area contributed by atoms with E-state index in [1.165, 1.54) is 5.19 Å². The SMILES string of the molecule is C[Si]1CN(C(=O)CCCCCNC(=O)CCc2cccnc2)c2ccccc21. The lowest BCUT2D eigenvalue weighted by atomic mass is 10.1. The van der Waals surface area contributed by atoms with Gasteiger partial charge in [0, 0.05) is 43.6 Å². The molecule has 5 nitrogen and oxygen atoms in total. The summed E-state index contributed by atoms with van der Waals surface area (Å²) in [4.78, 5) is 30.5. The van der Waals surface area contributed by atoms with E-state index in [1.807, 2.05) is 23.1 Å². The molecule has 0 bridgehead atoms. The van der Waals surface area contributed by atoms with Crippen LogP contribution in [-0.4, -0.2) is 38.3 Å². The van der Waals surface area contributed by atoms with Crippen LogP contribution in [0.5, 0.6) is 0 Å². The number of amides is 2. The van der Waals surface area contributed by atoms with Crippen molar-refractivity contribution in [2.45, 2.75) is 45.1 Å². The van der Waals surface area contributed by atoms with Crippen molar-refractivity contribution >= 4 is 31.5 Å². The first-order chi connectivity index (χ1) is 13.6. The summed E-state index contributed by atoms with van der Waals surface area (Å²) >= 11 is 0. The molecule has 2 heterocycles. The molecule has 0 atom stereocenters. The second kappa shape index (κ2) is 10.2. The summed E-state index contributed by atoms with van der Waals surface area (Å²) in [6.07, 6.45) is 8.93. The van der Waals surface area contributed by atoms with Gasteiger partial charge in [0.2, 0.25) is 11.8 Å². The van der Waals surface area contributed by atoms with Gasteiger partial charge in [-0.3, -0.25) is 14.6 Å². The molecule has 1 aromatic heterocycles. The largest absolute Gasteiger partial charge is 0.356 e. The van der Waals surface area contributed by atoms with Gasteiger partial charge in [0.15, 0.2) is 0 Å². The molecule has 147 valence electrons. The van der Waals surface area contributed by atoms with Gasteiger partial charge in [0.1, 0.15) is 8.80 Å². The Morgan fingerprint density at radius 2 is 1.96 bits per heavy atom. The Labute approximate surface area is 168 Å². The second-order valence-electron chi connectivity index (χ2n) is 7.30. The van der Waals surface area contributed by atoms with Crippen LogP contribution in [-0.2, 0) is 16.0 Å². The molecule has 0 saturated heterocycles. The molecule has 28 heavy (non-hydrogen) atoms. The normalized spacial score (nSPS) is 13.4. The Balaban J connectivity index is 1.28. The van der Waals surface area contributed by atoms with Gasteiger partial charge in [0.05, 0.1) is 0 Å². The molecular weight excluding hydrogens is 366 g/mol. The van der Waals surface area contributed by atoms with Crippen LogP contribution in [0, 0.1) is 0 Å². The topological polar surface area (TPSA) is 62.3 Å². The minimum atomic E-state index is -0.626. The summed E-state index contributed by atoms with van der Waals surface area (Å²) in [7, 11) is -0.626. The van der Waals surface area contributed by atoms with E-state index in [-0.39, 0.29) is 11.8 Å². The summed E-state index contributed by atoms with van der Waals surface area (Å²) in [6.45, 7) is 2.95. The zero-order chi connectivity index (χ0) is 19.8. The molecule has 1 radical (unpaired) electrons. The van der Waals surface area contributed by atoms with Crippen molar-refractivity contribution in [2.75, 3.05) is 17.6 Å². The molecule has 1 aliphatic heterocycles. The number of aryl methyl sites for hydroxylation is 1. The number of carbonyl (C=O) groups is 2. The van der Waals surface area contributed by atoms with E-state index in [2.05, 4.69) is 35.0 Å². The number of rotatable bonds is 9. The summed E-state index contributed by atoms with van der Waals surface area (Å²) < 4.78 is 0. The van der Waals surface area contributed by atoms with Crippen LogP contribution in [0.25, 0.3) is 0 Å². The van der Waals surface area contributed by atoms with Gasteiger partial charge in [-0.25, -0.2) is 0 Å². The second-order valence-corrected chi connectivity index (χ2v) is 9.71. The number of nitrogens with one attached hydrogen (secondary N) is 1. The number of benzene rings is 1. The summed E-state index contributed by atoms with van der Waals surface area (Å²) in [5, 5.41) is 4.33. The van der Waals surface area contributed by atoms with E-state index < -0.39 is 8.80 Å². The molecule has 0 saturated carbocycles. The first kappa shape index (κ1) is 20.3. The maximum atomic E-state index is 12.6. The first-order valence-electron chi connectivity index (χ1n) is 10.0. The maximum Gasteiger partial charge on any atom is 0.226 e. The van der Waals surface area contributed by atoms with Crippen LogP contribution in [0.4, 0.5) is 5.69 Å². The molecule has 1 aliphatic rings. The standard InChI is InChI=1S/C22H28N3O2Si/c1-28-17-25(19-9-4-5-10-20(19)28)22(27)11-3-2-6-15-24-21(26)13-12-18-8-7-14-23-16-18/h4-5,7-10,14,16H,2-3,6,11-13,15,17H2,1H3,(H,24,26). The molecule has 1 N–H and O–H groups in total. The van der Waals surface area contributed by atoms with E-state index in [9.17, 15) is 9.59 Å². The molecule has 3 rings (SSSR count). The van der Waals surface area contributed by atoms with Crippen molar-refractivity contribution in [3.05, 3.63) is 54.4 Å². The van der Waals surface area contributed by atoms with Gasteiger partial charge < -0.3 is 10.2 Å². The number of pyridine rings is 1. The van der Waals surface area contributed by atoms with Crippen LogP contribution in [0.2, 0.25) is 6.55 Å². The highest BCUT2D eigenvalue weighted by molar-refractivity contribution is 6.76. The highest BCUT2D eigenvalue weighted by Crippen LogP contribution is 2.20. The number of unbranched alkanes of at least 4 members (excludes halogenated alkanes) is 2. The number of aromatic nitrogens is 1. The molecule has 2 aromatic rings. The van der Waals surface area contributed by atoms with E-state index in [0.717, 1.165) is 36.7 Å². The van der Waals surface area contributed by atoms with Crippen molar-refractivity contribution < 1.29 is 9.59 Å². The molecule has 1 aromatic carbocycles. The Morgan fingerprint density at radius 3 is 2.79 bits per heavy atom. The van der Waals surface area contributed by atoms with Gasteiger partial charge in [0.25, 0.3) is 0 Å². The predicted molar refractivity (Wildman–Crippen MR) is 114 cm³/mol. The van der Waals surface area contributed by atoms with Gasteiger partial charge in [-0.2, -0.15) is 0 Å². The van der Waals surface area contributed by atoms with Gasteiger partial charge >= 0.3 is 0 Å². The van der Waals surface area contributed by atoms with Crippen molar-refractivity contribution in [3.8, 4) is 0 Å². The smallest absolute Gasteiger partial charge is 0.226 e. The number of anilines is 1. The van der Waals surface area contributed by atoms with E-state index >= 15 is 0 Å². The van der Waals surface area contributed by atoms with E-state index in [4.69, 9.17) is 0 Å². The predicted octanol–water partition coefficient (Wildman–Crippen LogP) is 2.61. The quantitative estimate of drug-likeness (QED) is 0.525. The third kappa shape index (κ3) is 5.52. The van der Waals surface area contributed by atoms with Crippen LogP contribution in [0.15, 0.2) is 48.8 Å². The monoisotopic (exact) mass is 394 g/mol. The Bertz CT molecular complexity index is 797. The third-order valence-electron chi connectivity index (χ3n) is 5.10. The fourth-order valence-corrected chi connectivity index (χ4v) is 5.56. The molecular formula is C22H28N3O2Si. The van der Waals surface area contributed by atoms with Crippen LogP contribution in [0.3, 0.4) is 0 Å². The first-order valence-corrected chi connectivity index (χ1v) is 12.2. The fraction of sp³-hybridized carbons (Fsp3) is 0.409. The highest BCUT2D eigenvalue weighted by Gasteiger charge is 2.29. The zero-order valence-corrected chi connectivity index (χ0v) is 17.5. The Morgan fingerprint density at radius 1 is 1.11 bits per heavy atom. The van der Waals surface area contributed by atoms with Crippen LogP contribution >= 0.6 is 0 Å². The van der Waals surface area contributed by atoms with Crippen molar-refractivity contribution in [2.24, 2.45) is 0 Å². The van der Waals surface area contributed by atoms with Crippen LogP contribution in [0.1, 0.15) is 37.7 Å². The molecule has 2 amide bonds. The van der Waals surface area contributed by atoms with E-state index in [1.54, 1.807) is 12.4 Å². The molecule has 0 fully saturated rings. The van der Waals surface area contributed by atoms with Crippen molar-refractivity contribution in [1.29, 1.82) is 0 Å². The van der Waals surface area contributed by atoms with Gasteiger partial charge in [-0.1, -0.05) is 37.2 Å². The zero-order valence-electron chi connectivity index (χ0n) is 16.5. The minimum Gasteiger partial charge on any atom is -0.356 e. The minimum absolute atomic E-state index is 0.0752. The van der Waals surface area contributed by atoms with Gasteiger partial charge in [-0.15, -0.1) is 0 Å². The van der Waals surface area contributed by atoms with E-state index in [0.29, 0.717) is 25.8 Å². The number of para-hydroxylation sites is 1. The van der Waals surface area contributed by atoms with Crippen LogP contribution < -0.4 is 15.4 Å². The maximum absolute atomic E-state index is 12.6. The number of hydrogen-bond donors (Lipinski definition) is 1. The average molecular weight is 395 g/mol. The lowest BCUT2D eigenvalue weighted by Crippen LogP contribution is -2.33. The number of carbonyl (C=O) groups excluding carboxylic acids is 2. The van der Waals surface area contributed by atoms with Crippen molar-refractivity contribution in [1.82, 2.24) is 10.3 Å². The molecule has 6 heteroatoms. The van der Waals surface area contributed by atoms with Gasteiger partial charge in [-0.05, 0) is 42.1 Å². The Kier molecular flexibility index (Phi) is 7.36. The number of hydrogen-bond acceptors (Lipinski definition) is 3. The summed E-state index contributed by atoms with van der Waals surface area (Å²) in [6, 6.07) is 12.2. The lowest BCUT2D eigenvalue weighted by molar-refractivity contribution is -0.121. The number of fused-ring (bicyclic) bond motifs is 1. The summed E-state index contributed by atoms with van der Waals surface area (Å²) in [5.74, 6) is 0.307. The fourth-order valence-electron chi connectivity index (χ4n) is 3.53.